The number of pyridine rings is 1. The summed E-state index contributed by atoms with van der Waals surface area (Å²) in [6.45, 7) is 2.43. The number of amides is 1. The van der Waals surface area contributed by atoms with Crippen LogP contribution in [0.3, 0.4) is 0 Å². The van der Waals surface area contributed by atoms with Crippen LogP contribution in [0.4, 0.5) is 5.69 Å². The van der Waals surface area contributed by atoms with Crippen LogP contribution in [0, 0.1) is 0 Å². The lowest BCUT2D eigenvalue weighted by Crippen LogP contribution is -2.33. The number of ether oxygens (including phenoxy) is 5. The quantitative estimate of drug-likeness (QED) is 0.322. The number of benzene rings is 3. The number of hydrogen-bond acceptors (Lipinski definition) is 7. The molecule has 4 rings (SSSR count). The predicted octanol–water partition coefficient (Wildman–Crippen LogP) is 4.81. The highest BCUT2D eigenvalue weighted by molar-refractivity contribution is 6.07. The zero-order valence-corrected chi connectivity index (χ0v) is 22.0. The highest BCUT2D eigenvalue weighted by atomic mass is 16.5. The van der Waals surface area contributed by atoms with Gasteiger partial charge in [-0.1, -0.05) is 0 Å². The number of methoxy groups -OCH3 is 4. The minimum absolute atomic E-state index is 0.0147. The number of aromatic amines is 1. The number of anilines is 1. The average Bonchev–Trinajstić information content (AvgIpc) is 2.95. The molecule has 0 aliphatic heterocycles. The number of carbonyl (C=O) groups excluding carboxylic acids is 1. The van der Waals surface area contributed by atoms with E-state index in [4.69, 9.17) is 23.7 Å². The molecule has 3 aromatic carbocycles. The van der Waals surface area contributed by atoms with Crippen LogP contribution in [-0.2, 0) is 6.54 Å². The SMILES string of the molecule is CCOc1ccc(N(Cc2cc3ccc(OC)cc3[nH]c2=O)C(=O)c2cc(OC)c(OC)c(OC)c2)cc1. The minimum Gasteiger partial charge on any atom is -0.497 e. The van der Waals surface area contributed by atoms with Crippen LogP contribution in [-0.4, -0.2) is 45.9 Å². The number of hydrogen-bond donors (Lipinski definition) is 1. The Kier molecular flexibility index (Phi) is 8.06. The lowest BCUT2D eigenvalue weighted by molar-refractivity contribution is 0.0984. The van der Waals surface area contributed by atoms with Gasteiger partial charge in [-0.3, -0.25) is 9.59 Å². The number of nitrogens with one attached hydrogen (secondary N) is 1. The van der Waals surface area contributed by atoms with Crippen molar-refractivity contribution in [2.24, 2.45) is 0 Å². The van der Waals surface area contributed by atoms with Gasteiger partial charge in [0.2, 0.25) is 5.75 Å². The molecule has 4 aromatic rings. The molecule has 0 spiro atoms. The average molecular weight is 519 g/mol. The molecule has 0 saturated carbocycles. The van der Waals surface area contributed by atoms with Gasteiger partial charge in [-0.05, 0) is 66.9 Å². The monoisotopic (exact) mass is 518 g/mol. The maximum Gasteiger partial charge on any atom is 0.258 e. The molecule has 1 heterocycles. The molecular formula is C29H30N2O7. The summed E-state index contributed by atoms with van der Waals surface area (Å²) < 4.78 is 27.1. The van der Waals surface area contributed by atoms with Crippen molar-refractivity contribution < 1.29 is 28.5 Å². The van der Waals surface area contributed by atoms with E-state index in [1.807, 2.05) is 19.1 Å². The summed E-state index contributed by atoms with van der Waals surface area (Å²) in [7, 11) is 6.03. The largest absolute Gasteiger partial charge is 0.497 e. The van der Waals surface area contributed by atoms with E-state index < -0.39 is 0 Å². The smallest absolute Gasteiger partial charge is 0.258 e. The molecule has 1 amide bonds. The summed E-state index contributed by atoms with van der Waals surface area (Å²) in [4.78, 5) is 31.5. The number of nitrogens with zero attached hydrogens (tertiary/aromatic N) is 1. The molecule has 1 aromatic heterocycles. The maximum absolute atomic E-state index is 14.0. The minimum atomic E-state index is -0.359. The first kappa shape index (κ1) is 26.4. The predicted molar refractivity (Wildman–Crippen MR) is 145 cm³/mol. The zero-order valence-electron chi connectivity index (χ0n) is 22.0. The van der Waals surface area contributed by atoms with Gasteiger partial charge in [0, 0.05) is 22.9 Å². The Bertz CT molecular complexity index is 1470. The standard InChI is InChI=1S/C29H30N2O7/c1-6-38-22-11-8-21(9-12-22)31(29(33)19-14-25(35-3)27(37-5)26(15-19)36-4)17-20-13-18-7-10-23(34-2)16-24(18)30-28(20)32/h7-16H,6,17H2,1-5H3,(H,30,32). The summed E-state index contributed by atoms with van der Waals surface area (Å²) >= 11 is 0. The van der Waals surface area contributed by atoms with Gasteiger partial charge in [0.15, 0.2) is 11.5 Å². The third kappa shape index (κ3) is 5.36. The topological polar surface area (TPSA) is 99.3 Å². The summed E-state index contributed by atoms with van der Waals surface area (Å²) in [6, 6.07) is 17.5. The van der Waals surface area contributed by atoms with Gasteiger partial charge >= 0.3 is 0 Å². The van der Waals surface area contributed by atoms with Crippen molar-refractivity contribution in [2.45, 2.75) is 13.5 Å². The van der Waals surface area contributed by atoms with Gasteiger partial charge < -0.3 is 33.6 Å². The molecular weight excluding hydrogens is 488 g/mol. The van der Waals surface area contributed by atoms with Crippen LogP contribution >= 0.6 is 0 Å². The number of H-pyrrole nitrogens is 1. The van der Waals surface area contributed by atoms with E-state index in [-0.39, 0.29) is 18.0 Å². The molecule has 0 fully saturated rings. The zero-order chi connectivity index (χ0) is 27.2. The Morgan fingerprint density at radius 3 is 2.05 bits per heavy atom. The number of aromatic nitrogens is 1. The van der Waals surface area contributed by atoms with E-state index in [0.29, 0.717) is 57.7 Å². The third-order valence-corrected chi connectivity index (χ3v) is 6.07. The van der Waals surface area contributed by atoms with Crippen LogP contribution in [0.25, 0.3) is 10.9 Å². The third-order valence-electron chi connectivity index (χ3n) is 6.07. The van der Waals surface area contributed by atoms with Gasteiger partial charge in [-0.2, -0.15) is 0 Å². The molecule has 0 atom stereocenters. The molecule has 0 saturated heterocycles. The van der Waals surface area contributed by atoms with E-state index in [0.717, 1.165) is 5.39 Å². The van der Waals surface area contributed by atoms with Crippen molar-refractivity contribution in [1.29, 1.82) is 0 Å². The highest BCUT2D eigenvalue weighted by Crippen LogP contribution is 2.39. The van der Waals surface area contributed by atoms with Crippen LogP contribution in [0.15, 0.2) is 65.5 Å². The van der Waals surface area contributed by atoms with Crippen molar-refractivity contribution in [3.63, 3.8) is 0 Å². The van der Waals surface area contributed by atoms with Gasteiger partial charge in [0.1, 0.15) is 11.5 Å². The van der Waals surface area contributed by atoms with Gasteiger partial charge in [-0.25, -0.2) is 0 Å². The fourth-order valence-corrected chi connectivity index (χ4v) is 4.17. The van der Waals surface area contributed by atoms with Crippen LogP contribution < -0.4 is 34.1 Å². The van der Waals surface area contributed by atoms with Crippen molar-refractivity contribution in [1.82, 2.24) is 4.98 Å². The molecule has 0 radical (unpaired) electrons. The number of rotatable bonds is 10. The van der Waals surface area contributed by atoms with Gasteiger partial charge in [0.05, 0.1) is 47.1 Å². The van der Waals surface area contributed by atoms with E-state index in [9.17, 15) is 9.59 Å². The van der Waals surface area contributed by atoms with Crippen LogP contribution in [0.5, 0.6) is 28.7 Å². The van der Waals surface area contributed by atoms with Gasteiger partial charge in [0.25, 0.3) is 11.5 Å². The molecule has 1 N–H and O–H groups in total. The summed E-state index contributed by atoms with van der Waals surface area (Å²) in [5.41, 5.74) is 1.63. The molecule has 0 aliphatic rings. The Labute approximate surface area is 220 Å². The fourth-order valence-electron chi connectivity index (χ4n) is 4.17. The van der Waals surface area contributed by atoms with E-state index in [1.54, 1.807) is 55.6 Å². The first-order valence-electron chi connectivity index (χ1n) is 12.0. The van der Waals surface area contributed by atoms with Crippen molar-refractivity contribution in [3.05, 3.63) is 82.1 Å². The van der Waals surface area contributed by atoms with Crippen molar-refractivity contribution >= 4 is 22.5 Å². The molecule has 0 bridgehead atoms. The number of carbonyl (C=O) groups is 1. The van der Waals surface area contributed by atoms with E-state index >= 15 is 0 Å². The first-order chi connectivity index (χ1) is 18.4. The van der Waals surface area contributed by atoms with Crippen LogP contribution in [0.2, 0.25) is 0 Å². The second-order valence-electron chi connectivity index (χ2n) is 8.31. The Balaban J connectivity index is 1.80. The summed E-state index contributed by atoms with van der Waals surface area (Å²) in [5.74, 6) is 2.02. The Hall–Kier alpha value is -4.66. The normalized spacial score (nSPS) is 10.7. The molecule has 9 nitrogen and oxygen atoms in total. The lowest BCUT2D eigenvalue weighted by Gasteiger charge is -2.24. The second-order valence-corrected chi connectivity index (χ2v) is 8.31. The van der Waals surface area contributed by atoms with Crippen molar-refractivity contribution in [2.75, 3.05) is 39.9 Å². The molecule has 0 unspecified atom stereocenters. The van der Waals surface area contributed by atoms with Crippen molar-refractivity contribution in [3.8, 4) is 28.7 Å². The van der Waals surface area contributed by atoms with Crippen LogP contribution in [0.1, 0.15) is 22.8 Å². The van der Waals surface area contributed by atoms with E-state index in [1.165, 1.54) is 26.2 Å². The second kappa shape index (κ2) is 11.6. The molecule has 198 valence electrons. The number of fused-ring (bicyclic) bond motifs is 1. The Morgan fingerprint density at radius 2 is 1.47 bits per heavy atom. The first-order valence-corrected chi connectivity index (χ1v) is 12.0. The van der Waals surface area contributed by atoms with E-state index in [2.05, 4.69) is 4.98 Å². The summed E-state index contributed by atoms with van der Waals surface area (Å²) in [6.07, 6.45) is 0. The lowest BCUT2D eigenvalue weighted by atomic mass is 10.1. The fraction of sp³-hybridized carbons (Fsp3) is 0.241. The summed E-state index contributed by atoms with van der Waals surface area (Å²) in [5, 5.41) is 0.812. The van der Waals surface area contributed by atoms with Gasteiger partial charge in [-0.15, -0.1) is 0 Å². The molecule has 9 heteroatoms. The molecule has 0 aliphatic carbocycles. The maximum atomic E-state index is 14.0. The highest BCUT2D eigenvalue weighted by Gasteiger charge is 2.24. The molecule has 38 heavy (non-hydrogen) atoms. The Morgan fingerprint density at radius 1 is 0.816 bits per heavy atom.